The molecule has 1 aliphatic heterocycles. The molecule has 0 aliphatic carbocycles. The highest BCUT2D eigenvalue weighted by Crippen LogP contribution is 2.30. The van der Waals surface area contributed by atoms with E-state index in [1.54, 1.807) is 0 Å². The number of hydrogen-bond acceptors (Lipinski definition) is 2. The molecule has 5 heteroatoms. The largest absolute Gasteiger partial charge is 0.412 e. The Balaban J connectivity index is 2.60. The molecule has 0 spiro atoms. The summed E-state index contributed by atoms with van der Waals surface area (Å²) in [6.45, 7) is 10.2. The average molecular weight is 292 g/mol. The maximum atomic E-state index is 12.6. The molecule has 0 saturated heterocycles. The molecule has 1 aliphatic rings. The van der Waals surface area contributed by atoms with Gasteiger partial charge in [0.15, 0.2) is 0 Å². The zero-order chi connectivity index (χ0) is 15.4. The zero-order valence-electron chi connectivity index (χ0n) is 13.0. The van der Waals surface area contributed by atoms with Gasteiger partial charge >= 0.3 is 6.18 Å². The first kappa shape index (κ1) is 17.5. The predicted octanol–water partition coefficient (Wildman–Crippen LogP) is 3.74. The summed E-state index contributed by atoms with van der Waals surface area (Å²) in [6.07, 6.45) is -0.639. The minimum Gasteiger partial charge on any atom is -0.311 e. The summed E-state index contributed by atoms with van der Waals surface area (Å²) in [5.74, 6) is 0. The fraction of sp³-hybridized carbons (Fsp3) is 0.867. The van der Waals surface area contributed by atoms with Crippen LogP contribution in [0, 0.1) is 0 Å². The molecule has 0 bridgehead atoms. The van der Waals surface area contributed by atoms with Crippen LogP contribution in [0.4, 0.5) is 13.2 Å². The number of nitrogens with one attached hydrogen (secondary N) is 1. The molecule has 0 fully saturated rings. The molecule has 0 aromatic rings. The number of rotatable bonds is 5. The molecule has 118 valence electrons. The van der Waals surface area contributed by atoms with Crippen LogP contribution in [0.15, 0.2) is 11.6 Å². The van der Waals surface area contributed by atoms with E-state index >= 15 is 0 Å². The lowest BCUT2D eigenvalue weighted by Crippen LogP contribution is -2.49. The van der Waals surface area contributed by atoms with Gasteiger partial charge in [0.25, 0.3) is 0 Å². The van der Waals surface area contributed by atoms with E-state index in [-0.39, 0.29) is 17.5 Å². The van der Waals surface area contributed by atoms with Gasteiger partial charge in [-0.3, -0.25) is 4.90 Å². The Labute approximate surface area is 120 Å². The Morgan fingerprint density at radius 3 is 2.35 bits per heavy atom. The van der Waals surface area contributed by atoms with Crippen molar-refractivity contribution in [1.82, 2.24) is 10.2 Å². The van der Waals surface area contributed by atoms with Crippen molar-refractivity contribution < 1.29 is 13.2 Å². The first-order chi connectivity index (χ1) is 9.13. The molecule has 1 N–H and O–H groups in total. The Morgan fingerprint density at radius 2 is 1.95 bits per heavy atom. The van der Waals surface area contributed by atoms with E-state index in [1.807, 2.05) is 0 Å². The van der Waals surface area contributed by atoms with Gasteiger partial charge in [0.1, 0.15) is 0 Å². The van der Waals surface area contributed by atoms with Gasteiger partial charge in [-0.1, -0.05) is 19.4 Å². The summed E-state index contributed by atoms with van der Waals surface area (Å²) in [4.78, 5) is 2.16. The van der Waals surface area contributed by atoms with Crippen LogP contribution in [0.25, 0.3) is 0 Å². The van der Waals surface area contributed by atoms with Crippen LogP contribution < -0.4 is 5.32 Å². The van der Waals surface area contributed by atoms with Crippen LogP contribution in [0.1, 0.15) is 47.0 Å². The molecule has 1 unspecified atom stereocenters. The topological polar surface area (TPSA) is 15.3 Å². The van der Waals surface area contributed by atoms with Crippen molar-refractivity contribution in [3.05, 3.63) is 11.6 Å². The van der Waals surface area contributed by atoms with E-state index in [2.05, 4.69) is 37.9 Å². The van der Waals surface area contributed by atoms with Crippen LogP contribution in [0.5, 0.6) is 0 Å². The molecule has 20 heavy (non-hydrogen) atoms. The van der Waals surface area contributed by atoms with Gasteiger partial charge < -0.3 is 5.32 Å². The molecule has 0 amide bonds. The third-order valence-corrected chi connectivity index (χ3v) is 3.61. The van der Waals surface area contributed by atoms with Crippen LogP contribution in [-0.2, 0) is 0 Å². The molecule has 0 saturated carbocycles. The van der Waals surface area contributed by atoms with Crippen LogP contribution in [0.2, 0.25) is 0 Å². The highest BCUT2D eigenvalue weighted by Gasteiger charge is 2.35. The Hall–Kier alpha value is -0.550. The number of hydrogen-bond donors (Lipinski definition) is 1. The molecule has 1 atom stereocenters. The summed E-state index contributed by atoms with van der Waals surface area (Å²) in [7, 11) is 0. The predicted molar refractivity (Wildman–Crippen MR) is 76.8 cm³/mol. The van der Waals surface area contributed by atoms with Crippen molar-refractivity contribution in [2.75, 3.05) is 19.6 Å². The van der Waals surface area contributed by atoms with Gasteiger partial charge in [-0.05, 0) is 33.6 Å². The smallest absolute Gasteiger partial charge is 0.311 e. The number of halogens is 3. The SMILES string of the molecule is CCCC(CNC(C)(C)C)N1CC=C(C(F)(F)F)CC1. The maximum Gasteiger partial charge on any atom is 0.412 e. The number of alkyl halides is 3. The molecule has 1 rings (SSSR count). The van der Waals surface area contributed by atoms with E-state index < -0.39 is 6.18 Å². The molecule has 0 radical (unpaired) electrons. The fourth-order valence-electron chi connectivity index (χ4n) is 2.44. The maximum absolute atomic E-state index is 12.6. The van der Waals surface area contributed by atoms with Crippen LogP contribution >= 0.6 is 0 Å². The molecule has 0 aromatic carbocycles. The molecule has 0 aromatic heterocycles. The lowest BCUT2D eigenvalue weighted by atomic mass is 10.0. The minimum atomic E-state index is -4.16. The van der Waals surface area contributed by atoms with E-state index in [0.29, 0.717) is 19.1 Å². The van der Waals surface area contributed by atoms with Crippen LogP contribution in [0.3, 0.4) is 0 Å². The van der Waals surface area contributed by atoms with E-state index in [4.69, 9.17) is 0 Å². The third-order valence-electron chi connectivity index (χ3n) is 3.61. The van der Waals surface area contributed by atoms with Gasteiger partial charge in [0.05, 0.1) is 0 Å². The van der Waals surface area contributed by atoms with E-state index in [9.17, 15) is 13.2 Å². The normalized spacial score (nSPS) is 19.9. The summed E-state index contributed by atoms with van der Waals surface area (Å²) >= 11 is 0. The second kappa shape index (κ2) is 6.94. The van der Waals surface area contributed by atoms with E-state index in [1.165, 1.54) is 6.08 Å². The van der Waals surface area contributed by atoms with Gasteiger partial charge in [-0.2, -0.15) is 13.2 Å². The Kier molecular flexibility index (Phi) is 6.07. The summed E-state index contributed by atoms with van der Waals surface area (Å²) in [6, 6.07) is 0.310. The van der Waals surface area contributed by atoms with Crippen molar-refractivity contribution in [2.24, 2.45) is 0 Å². The molecular formula is C15H27F3N2. The lowest BCUT2D eigenvalue weighted by Gasteiger charge is -2.36. The van der Waals surface area contributed by atoms with Gasteiger partial charge in [0, 0.05) is 36.8 Å². The Bertz CT molecular complexity index is 329. The standard InChI is InChI=1S/C15H27F3N2/c1-5-6-13(11-19-14(2,3)4)20-9-7-12(8-10-20)15(16,17)18/h7,13,19H,5-6,8-11H2,1-4H3. The van der Waals surface area contributed by atoms with Crippen molar-refractivity contribution in [2.45, 2.75) is 64.7 Å². The summed E-state index contributed by atoms with van der Waals surface area (Å²) in [5, 5.41) is 3.46. The highest BCUT2D eigenvalue weighted by atomic mass is 19.4. The molecular weight excluding hydrogens is 265 g/mol. The first-order valence-corrected chi connectivity index (χ1v) is 7.39. The van der Waals surface area contributed by atoms with Gasteiger partial charge in [0.2, 0.25) is 0 Å². The van der Waals surface area contributed by atoms with Crippen molar-refractivity contribution in [1.29, 1.82) is 0 Å². The minimum absolute atomic E-state index is 0.0365. The zero-order valence-corrected chi connectivity index (χ0v) is 13.0. The van der Waals surface area contributed by atoms with Crippen molar-refractivity contribution in [3.63, 3.8) is 0 Å². The van der Waals surface area contributed by atoms with Crippen molar-refractivity contribution in [3.8, 4) is 0 Å². The quantitative estimate of drug-likeness (QED) is 0.777. The second-order valence-corrected chi connectivity index (χ2v) is 6.55. The van der Waals surface area contributed by atoms with Crippen LogP contribution in [-0.4, -0.2) is 42.3 Å². The van der Waals surface area contributed by atoms with Gasteiger partial charge in [-0.15, -0.1) is 0 Å². The highest BCUT2D eigenvalue weighted by molar-refractivity contribution is 5.13. The monoisotopic (exact) mass is 292 g/mol. The van der Waals surface area contributed by atoms with Crippen molar-refractivity contribution >= 4 is 0 Å². The lowest BCUT2D eigenvalue weighted by molar-refractivity contribution is -0.0964. The number of nitrogens with zero attached hydrogens (tertiary/aromatic N) is 1. The molecule has 1 heterocycles. The van der Waals surface area contributed by atoms with Gasteiger partial charge in [-0.25, -0.2) is 0 Å². The summed E-state index contributed by atoms with van der Waals surface area (Å²) < 4.78 is 37.9. The average Bonchev–Trinajstić information content (AvgIpc) is 2.32. The molecule has 2 nitrogen and oxygen atoms in total. The van der Waals surface area contributed by atoms with E-state index in [0.717, 1.165) is 19.4 Å². The first-order valence-electron chi connectivity index (χ1n) is 7.39. The summed E-state index contributed by atoms with van der Waals surface area (Å²) in [5.41, 5.74) is -0.331. The fourth-order valence-corrected chi connectivity index (χ4v) is 2.44. The third kappa shape index (κ3) is 5.83. The Morgan fingerprint density at radius 1 is 1.30 bits per heavy atom. The second-order valence-electron chi connectivity index (χ2n) is 6.55.